The second kappa shape index (κ2) is 9.50. The van der Waals surface area contributed by atoms with E-state index in [2.05, 4.69) is 10.00 Å². The monoisotopic (exact) mass is 357 g/mol. The van der Waals surface area contributed by atoms with Crippen molar-refractivity contribution in [1.82, 2.24) is 14.7 Å². The van der Waals surface area contributed by atoms with Gasteiger partial charge in [-0.2, -0.15) is 5.10 Å². The number of nitrogens with zero attached hydrogens (tertiary/aromatic N) is 3. The fourth-order valence-corrected chi connectivity index (χ4v) is 3.22. The van der Waals surface area contributed by atoms with Gasteiger partial charge < -0.3 is 9.84 Å². The standard InChI is InChI=1S/C20H27N3O3/c24-19-8-4-3-7-17(19)18-9-10-20(25)23(21-18)12-6-2-1-5-11-22-13-15-26-16-14-22/h3-4,7-10,24H,1-2,5-6,11-16H2. The number of phenolic OH excluding ortho intramolecular Hbond substituents is 1. The summed E-state index contributed by atoms with van der Waals surface area (Å²) in [7, 11) is 0. The van der Waals surface area contributed by atoms with Gasteiger partial charge in [-0.3, -0.25) is 9.69 Å². The number of hydrogen-bond donors (Lipinski definition) is 1. The van der Waals surface area contributed by atoms with Crippen molar-refractivity contribution in [3.05, 3.63) is 46.8 Å². The Morgan fingerprint density at radius 2 is 1.69 bits per heavy atom. The van der Waals surface area contributed by atoms with Crippen LogP contribution in [-0.4, -0.2) is 52.6 Å². The van der Waals surface area contributed by atoms with E-state index in [-0.39, 0.29) is 11.3 Å². The Hall–Kier alpha value is -2.18. The minimum Gasteiger partial charge on any atom is -0.507 e. The summed E-state index contributed by atoms with van der Waals surface area (Å²) in [5, 5.41) is 14.4. The Morgan fingerprint density at radius 1 is 0.962 bits per heavy atom. The van der Waals surface area contributed by atoms with Gasteiger partial charge >= 0.3 is 0 Å². The molecule has 1 aromatic carbocycles. The van der Waals surface area contributed by atoms with E-state index < -0.39 is 0 Å². The molecule has 26 heavy (non-hydrogen) atoms. The van der Waals surface area contributed by atoms with Crippen LogP contribution in [0.2, 0.25) is 0 Å². The summed E-state index contributed by atoms with van der Waals surface area (Å²) in [6, 6.07) is 10.2. The van der Waals surface area contributed by atoms with E-state index in [0.717, 1.165) is 52.1 Å². The van der Waals surface area contributed by atoms with Crippen LogP contribution in [0.5, 0.6) is 5.75 Å². The molecule has 140 valence electrons. The van der Waals surface area contributed by atoms with E-state index in [4.69, 9.17) is 4.74 Å². The highest BCUT2D eigenvalue weighted by atomic mass is 16.5. The minimum absolute atomic E-state index is 0.0995. The zero-order chi connectivity index (χ0) is 18.2. The van der Waals surface area contributed by atoms with Crippen LogP contribution >= 0.6 is 0 Å². The maximum atomic E-state index is 12.0. The molecular weight excluding hydrogens is 330 g/mol. The highest BCUT2D eigenvalue weighted by molar-refractivity contribution is 5.65. The van der Waals surface area contributed by atoms with E-state index in [1.807, 2.05) is 6.07 Å². The summed E-state index contributed by atoms with van der Waals surface area (Å²) in [4.78, 5) is 14.5. The molecule has 0 spiro atoms. The SMILES string of the molecule is O=c1ccc(-c2ccccc2O)nn1CCCCCCN1CCOCC1. The van der Waals surface area contributed by atoms with Crippen molar-refractivity contribution in [3.63, 3.8) is 0 Å². The summed E-state index contributed by atoms with van der Waals surface area (Å²) >= 11 is 0. The van der Waals surface area contributed by atoms with Crippen molar-refractivity contribution in [2.45, 2.75) is 32.2 Å². The summed E-state index contributed by atoms with van der Waals surface area (Å²) in [6.45, 7) is 5.52. The van der Waals surface area contributed by atoms with Gasteiger partial charge in [0.1, 0.15) is 5.75 Å². The molecule has 0 atom stereocenters. The fraction of sp³-hybridized carbons (Fsp3) is 0.500. The number of para-hydroxylation sites is 1. The summed E-state index contributed by atoms with van der Waals surface area (Å²) in [6.07, 6.45) is 4.35. The average molecular weight is 357 g/mol. The predicted molar refractivity (Wildman–Crippen MR) is 101 cm³/mol. The highest BCUT2D eigenvalue weighted by Gasteiger charge is 2.09. The van der Waals surface area contributed by atoms with Crippen LogP contribution in [0, 0.1) is 0 Å². The number of morpholine rings is 1. The molecule has 6 nitrogen and oxygen atoms in total. The van der Waals surface area contributed by atoms with Crippen molar-refractivity contribution in [2.24, 2.45) is 0 Å². The van der Waals surface area contributed by atoms with Crippen molar-refractivity contribution in [3.8, 4) is 17.0 Å². The number of phenols is 1. The van der Waals surface area contributed by atoms with Crippen LogP contribution in [0.25, 0.3) is 11.3 Å². The van der Waals surface area contributed by atoms with Crippen molar-refractivity contribution in [2.75, 3.05) is 32.8 Å². The summed E-state index contributed by atoms with van der Waals surface area (Å²) < 4.78 is 6.86. The molecule has 0 bridgehead atoms. The molecule has 1 saturated heterocycles. The number of hydrogen-bond acceptors (Lipinski definition) is 5. The molecule has 3 rings (SSSR count). The smallest absolute Gasteiger partial charge is 0.266 e. The van der Waals surface area contributed by atoms with E-state index in [9.17, 15) is 9.90 Å². The average Bonchev–Trinajstić information content (AvgIpc) is 2.67. The molecule has 0 aliphatic carbocycles. The van der Waals surface area contributed by atoms with Gasteiger partial charge in [0.2, 0.25) is 0 Å². The van der Waals surface area contributed by atoms with E-state index >= 15 is 0 Å². The van der Waals surface area contributed by atoms with Gasteiger partial charge in [-0.05, 0) is 37.6 Å². The number of aromatic nitrogens is 2. The third-order valence-corrected chi connectivity index (χ3v) is 4.74. The van der Waals surface area contributed by atoms with Crippen LogP contribution in [0.4, 0.5) is 0 Å². The molecular formula is C20H27N3O3. The fourth-order valence-electron chi connectivity index (χ4n) is 3.22. The molecule has 0 amide bonds. The number of benzene rings is 1. The first-order chi connectivity index (χ1) is 12.7. The zero-order valence-electron chi connectivity index (χ0n) is 15.1. The number of aromatic hydroxyl groups is 1. The highest BCUT2D eigenvalue weighted by Crippen LogP contribution is 2.25. The van der Waals surface area contributed by atoms with E-state index in [1.54, 1.807) is 24.3 Å². The zero-order valence-corrected chi connectivity index (χ0v) is 15.1. The van der Waals surface area contributed by atoms with Gasteiger partial charge in [-0.15, -0.1) is 0 Å². The van der Waals surface area contributed by atoms with Gasteiger partial charge in [0.25, 0.3) is 5.56 Å². The topological polar surface area (TPSA) is 67.6 Å². The van der Waals surface area contributed by atoms with Crippen LogP contribution in [-0.2, 0) is 11.3 Å². The quantitative estimate of drug-likeness (QED) is 0.735. The lowest BCUT2D eigenvalue weighted by Gasteiger charge is -2.26. The van der Waals surface area contributed by atoms with Crippen LogP contribution in [0.1, 0.15) is 25.7 Å². The Kier molecular flexibility index (Phi) is 6.80. The second-order valence-corrected chi connectivity index (χ2v) is 6.67. The molecule has 0 unspecified atom stereocenters. The first-order valence-electron chi connectivity index (χ1n) is 9.41. The minimum atomic E-state index is -0.0995. The first kappa shape index (κ1) is 18.6. The third-order valence-electron chi connectivity index (χ3n) is 4.74. The van der Waals surface area contributed by atoms with Crippen LogP contribution in [0.3, 0.4) is 0 Å². The molecule has 1 N–H and O–H groups in total. The van der Waals surface area contributed by atoms with Gasteiger partial charge in [0, 0.05) is 31.3 Å². The van der Waals surface area contributed by atoms with Gasteiger partial charge in [0.15, 0.2) is 0 Å². The predicted octanol–water partition coefficient (Wildman–Crippen LogP) is 2.51. The molecule has 1 aliphatic rings. The Labute approximate surface area is 154 Å². The normalized spacial score (nSPS) is 15.2. The molecule has 2 aromatic rings. The maximum Gasteiger partial charge on any atom is 0.266 e. The van der Waals surface area contributed by atoms with Gasteiger partial charge in [0.05, 0.1) is 18.9 Å². The number of unbranched alkanes of at least 4 members (excludes halogenated alkanes) is 3. The maximum absolute atomic E-state index is 12.0. The van der Waals surface area contributed by atoms with Crippen LogP contribution in [0.15, 0.2) is 41.2 Å². The Balaban J connectivity index is 1.46. The lowest BCUT2D eigenvalue weighted by molar-refractivity contribution is 0.0371. The third kappa shape index (κ3) is 5.16. The Morgan fingerprint density at radius 3 is 2.46 bits per heavy atom. The molecule has 0 radical (unpaired) electrons. The first-order valence-corrected chi connectivity index (χ1v) is 9.41. The molecule has 1 aliphatic heterocycles. The van der Waals surface area contributed by atoms with Crippen molar-refractivity contribution in [1.29, 1.82) is 0 Å². The van der Waals surface area contributed by atoms with Gasteiger partial charge in [-0.1, -0.05) is 25.0 Å². The number of aryl methyl sites for hydroxylation is 1. The largest absolute Gasteiger partial charge is 0.507 e. The van der Waals surface area contributed by atoms with E-state index in [1.165, 1.54) is 17.2 Å². The molecule has 1 fully saturated rings. The van der Waals surface area contributed by atoms with E-state index in [0.29, 0.717) is 17.8 Å². The molecule has 1 aromatic heterocycles. The van der Waals surface area contributed by atoms with Crippen molar-refractivity contribution < 1.29 is 9.84 Å². The summed E-state index contributed by atoms with van der Waals surface area (Å²) in [5.74, 6) is 0.174. The van der Waals surface area contributed by atoms with Crippen molar-refractivity contribution >= 4 is 0 Å². The lowest BCUT2D eigenvalue weighted by Crippen LogP contribution is -2.36. The molecule has 6 heteroatoms. The summed E-state index contributed by atoms with van der Waals surface area (Å²) in [5.41, 5.74) is 1.17. The van der Waals surface area contributed by atoms with Gasteiger partial charge in [-0.25, -0.2) is 4.68 Å². The van der Waals surface area contributed by atoms with Crippen LogP contribution < -0.4 is 5.56 Å². The molecule has 2 heterocycles. The number of rotatable bonds is 8. The lowest BCUT2D eigenvalue weighted by atomic mass is 10.1. The Bertz CT molecular complexity index is 754. The number of ether oxygens (including phenoxy) is 1. The second-order valence-electron chi connectivity index (χ2n) is 6.67. The molecule has 0 saturated carbocycles.